The standard InChI is InChI=1S/C23H18ClNO4/c1-13-5-3-6-17(14(13)2)25-20(18-7-4-12-29-18)19(22(27)23(25)28)21(26)15-8-10-16(24)11-9-15/h3-12,20,26H,1-2H3/b21-19-. The second-order valence-electron chi connectivity index (χ2n) is 6.91. The first-order valence-corrected chi connectivity index (χ1v) is 9.44. The highest BCUT2D eigenvalue weighted by atomic mass is 35.5. The number of aliphatic hydroxyl groups excluding tert-OH is 1. The number of ketones is 1. The fourth-order valence-corrected chi connectivity index (χ4v) is 3.68. The fraction of sp³-hybridized carbons (Fsp3) is 0.130. The molecule has 0 bridgehead atoms. The van der Waals surface area contributed by atoms with Crippen LogP contribution in [0.5, 0.6) is 0 Å². The monoisotopic (exact) mass is 407 g/mol. The molecule has 1 unspecified atom stereocenters. The number of aliphatic hydroxyl groups is 1. The number of anilines is 1. The predicted molar refractivity (Wildman–Crippen MR) is 111 cm³/mol. The average Bonchev–Trinajstić information content (AvgIpc) is 3.32. The van der Waals surface area contributed by atoms with Crippen molar-refractivity contribution in [2.75, 3.05) is 4.90 Å². The van der Waals surface area contributed by atoms with Gasteiger partial charge in [-0.3, -0.25) is 14.5 Å². The molecular weight excluding hydrogens is 390 g/mol. The van der Waals surface area contributed by atoms with Gasteiger partial charge in [0.25, 0.3) is 11.7 Å². The maximum absolute atomic E-state index is 13.0. The molecular formula is C23H18ClNO4. The van der Waals surface area contributed by atoms with Crippen LogP contribution in [-0.2, 0) is 9.59 Å². The van der Waals surface area contributed by atoms with E-state index in [9.17, 15) is 14.7 Å². The molecule has 1 amide bonds. The molecule has 1 aliphatic rings. The van der Waals surface area contributed by atoms with Crippen LogP contribution in [0.2, 0.25) is 5.02 Å². The number of nitrogens with zero attached hydrogens (tertiary/aromatic N) is 1. The van der Waals surface area contributed by atoms with Crippen molar-refractivity contribution in [3.05, 3.63) is 93.9 Å². The van der Waals surface area contributed by atoms with Crippen LogP contribution in [0.15, 0.2) is 70.9 Å². The summed E-state index contributed by atoms with van der Waals surface area (Å²) in [7, 11) is 0. The Balaban J connectivity index is 1.95. The molecule has 1 aromatic heterocycles. The van der Waals surface area contributed by atoms with Crippen LogP contribution in [0.4, 0.5) is 5.69 Å². The smallest absolute Gasteiger partial charge is 0.300 e. The summed E-state index contributed by atoms with van der Waals surface area (Å²) in [4.78, 5) is 27.4. The molecule has 6 heteroatoms. The minimum Gasteiger partial charge on any atom is -0.507 e. The zero-order valence-corrected chi connectivity index (χ0v) is 16.6. The van der Waals surface area contributed by atoms with Crippen molar-refractivity contribution >= 4 is 34.7 Å². The maximum Gasteiger partial charge on any atom is 0.300 e. The molecule has 2 heterocycles. The second kappa shape index (κ2) is 7.26. The molecule has 29 heavy (non-hydrogen) atoms. The lowest BCUT2D eigenvalue weighted by Gasteiger charge is -2.25. The van der Waals surface area contributed by atoms with Crippen LogP contribution >= 0.6 is 11.6 Å². The Hall–Kier alpha value is -3.31. The average molecular weight is 408 g/mol. The van der Waals surface area contributed by atoms with Gasteiger partial charge in [-0.2, -0.15) is 0 Å². The quantitative estimate of drug-likeness (QED) is 0.369. The van der Waals surface area contributed by atoms with Gasteiger partial charge in [-0.25, -0.2) is 0 Å². The number of carbonyl (C=O) groups is 2. The van der Waals surface area contributed by atoms with Gasteiger partial charge >= 0.3 is 0 Å². The van der Waals surface area contributed by atoms with Gasteiger partial charge in [0.1, 0.15) is 17.6 Å². The number of carbonyl (C=O) groups excluding carboxylic acids is 2. The summed E-state index contributed by atoms with van der Waals surface area (Å²) in [5.74, 6) is -1.36. The molecule has 1 aliphatic heterocycles. The third-order valence-corrected chi connectivity index (χ3v) is 5.46. The molecule has 0 saturated carbocycles. The Morgan fingerprint density at radius 3 is 2.41 bits per heavy atom. The Kier molecular flexibility index (Phi) is 4.76. The molecule has 2 aromatic carbocycles. The van der Waals surface area contributed by atoms with Gasteiger partial charge in [0.15, 0.2) is 0 Å². The lowest BCUT2D eigenvalue weighted by Crippen LogP contribution is -2.30. The Morgan fingerprint density at radius 2 is 1.76 bits per heavy atom. The van der Waals surface area contributed by atoms with Crippen molar-refractivity contribution < 1.29 is 19.1 Å². The highest BCUT2D eigenvalue weighted by Gasteiger charge is 2.48. The number of rotatable bonds is 3. The van der Waals surface area contributed by atoms with E-state index in [1.54, 1.807) is 42.5 Å². The molecule has 1 saturated heterocycles. The second-order valence-corrected chi connectivity index (χ2v) is 7.35. The summed E-state index contributed by atoms with van der Waals surface area (Å²) in [5, 5.41) is 11.5. The van der Waals surface area contributed by atoms with Crippen LogP contribution in [0.1, 0.15) is 28.5 Å². The topological polar surface area (TPSA) is 70.8 Å². The third-order valence-electron chi connectivity index (χ3n) is 5.21. The van der Waals surface area contributed by atoms with E-state index in [1.165, 1.54) is 11.2 Å². The zero-order chi connectivity index (χ0) is 20.7. The highest BCUT2D eigenvalue weighted by molar-refractivity contribution is 6.51. The first-order chi connectivity index (χ1) is 13.9. The van der Waals surface area contributed by atoms with E-state index in [1.807, 2.05) is 26.0 Å². The lowest BCUT2D eigenvalue weighted by atomic mass is 9.98. The SMILES string of the molecule is Cc1cccc(N2C(=O)C(=O)/C(=C(\O)c3ccc(Cl)cc3)C2c2ccco2)c1C. The van der Waals surface area contributed by atoms with Gasteiger partial charge in [0, 0.05) is 16.3 Å². The van der Waals surface area contributed by atoms with Crippen LogP contribution in [-0.4, -0.2) is 16.8 Å². The molecule has 0 spiro atoms. The number of hydrogen-bond acceptors (Lipinski definition) is 4. The Bertz CT molecular complexity index is 1130. The van der Waals surface area contributed by atoms with E-state index in [-0.39, 0.29) is 11.3 Å². The molecule has 3 aromatic rings. The molecule has 1 atom stereocenters. The molecule has 146 valence electrons. The molecule has 0 aliphatic carbocycles. The van der Waals surface area contributed by atoms with Crippen molar-refractivity contribution in [1.82, 2.24) is 0 Å². The maximum atomic E-state index is 13.0. The first kappa shape index (κ1) is 19.0. The molecule has 4 rings (SSSR count). The summed E-state index contributed by atoms with van der Waals surface area (Å²) in [6.07, 6.45) is 1.47. The number of Topliss-reactive ketones (excluding diaryl/α,β-unsaturated/α-hetero) is 1. The number of hydrogen-bond donors (Lipinski definition) is 1. The number of halogens is 1. The van der Waals surface area contributed by atoms with Crippen molar-refractivity contribution in [2.45, 2.75) is 19.9 Å². The molecule has 1 N–H and O–H groups in total. The third kappa shape index (κ3) is 3.13. The van der Waals surface area contributed by atoms with Gasteiger partial charge < -0.3 is 9.52 Å². The van der Waals surface area contributed by atoms with Crippen molar-refractivity contribution in [2.24, 2.45) is 0 Å². The van der Waals surface area contributed by atoms with E-state index in [0.717, 1.165) is 11.1 Å². The van der Waals surface area contributed by atoms with Crippen LogP contribution in [0.3, 0.4) is 0 Å². The first-order valence-electron chi connectivity index (χ1n) is 9.06. The largest absolute Gasteiger partial charge is 0.507 e. The fourth-order valence-electron chi connectivity index (χ4n) is 3.56. The number of furan rings is 1. The summed E-state index contributed by atoms with van der Waals surface area (Å²) in [6, 6.07) is 14.5. The minimum atomic E-state index is -0.874. The van der Waals surface area contributed by atoms with Gasteiger partial charge in [0.05, 0.1) is 11.8 Å². The predicted octanol–water partition coefficient (Wildman–Crippen LogP) is 5.18. The van der Waals surface area contributed by atoms with E-state index >= 15 is 0 Å². The molecule has 5 nitrogen and oxygen atoms in total. The van der Waals surface area contributed by atoms with Crippen LogP contribution < -0.4 is 4.90 Å². The van der Waals surface area contributed by atoms with E-state index in [4.69, 9.17) is 16.0 Å². The lowest BCUT2D eigenvalue weighted by molar-refractivity contribution is -0.132. The van der Waals surface area contributed by atoms with Crippen molar-refractivity contribution in [3.63, 3.8) is 0 Å². The van der Waals surface area contributed by atoms with Crippen LogP contribution in [0.25, 0.3) is 5.76 Å². The molecule has 1 fully saturated rings. The Labute approximate surface area is 172 Å². The van der Waals surface area contributed by atoms with E-state index < -0.39 is 17.7 Å². The van der Waals surface area contributed by atoms with Crippen LogP contribution in [0, 0.1) is 13.8 Å². The number of benzene rings is 2. The van der Waals surface area contributed by atoms with Crippen molar-refractivity contribution in [3.8, 4) is 0 Å². The van der Waals surface area contributed by atoms with Gasteiger partial charge in [0.2, 0.25) is 0 Å². The van der Waals surface area contributed by atoms with Gasteiger partial charge in [-0.15, -0.1) is 0 Å². The van der Waals surface area contributed by atoms with E-state index in [2.05, 4.69) is 0 Å². The van der Waals surface area contributed by atoms with Crippen molar-refractivity contribution in [1.29, 1.82) is 0 Å². The summed E-state index contributed by atoms with van der Waals surface area (Å²) < 4.78 is 5.56. The summed E-state index contributed by atoms with van der Waals surface area (Å²) in [6.45, 7) is 3.83. The normalized spacial score (nSPS) is 18.4. The van der Waals surface area contributed by atoms with E-state index in [0.29, 0.717) is 22.0 Å². The number of amides is 1. The van der Waals surface area contributed by atoms with Gasteiger partial charge in [-0.1, -0.05) is 23.7 Å². The highest BCUT2D eigenvalue weighted by Crippen LogP contribution is 2.43. The summed E-state index contributed by atoms with van der Waals surface area (Å²) >= 11 is 5.93. The Morgan fingerprint density at radius 1 is 1.03 bits per heavy atom. The number of aryl methyl sites for hydroxylation is 1. The van der Waals surface area contributed by atoms with Gasteiger partial charge in [-0.05, 0) is 67.4 Å². The zero-order valence-electron chi connectivity index (χ0n) is 15.8. The molecule has 0 radical (unpaired) electrons. The minimum absolute atomic E-state index is 0.0202. The summed E-state index contributed by atoms with van der Waals surface area (Å²) in [5.41, 5.74) is 2.83.